The number of benzene rings is 1. The van der Waals surface area contributed by atoms with Gasteiger partial charge in [0.05, 0.1) is 17.4 Å². The number of carboxylic acid groups (broad SMARTS) is 1. The van der Waals surface area contributed by atoms with Crippen LogP contribution in [-0.4, -0.2) is 34.4 Å². The number of rotatable bonds is 6. The summed E-state index contributed by atoms with van der Waals surface area (Å²) in [4.78, 5) is 10.3. The molecular formula is C11H12Cl2O5S. The van der Waals surface area contributed by atoms with Gasteiger partial charge < -0.3 is 10.2 Å². The lowest BCUT2D eigenvalue weighted by Crippen LogP contribution is -2.32. The molecule has 1 rings (SSSR count). The van der Waals surface area contributed by atoms with Gasteiger partial charge in [-0.15, -0.1) is 0 Å². The van der Waals surface area contributed by atoms with Gasteiger partial charge in [0.15, 0.2) is 0 Å². The molecule has 1 atom stereocenters. The van der Waals surface area contributed by atoms with Gasteiger partial charge in [-0.3, -0.25) is 4.79 Å². The summed E-state index contributed by atoms with van der Waals surface area (Å²) in [5, 5.41) is 18.0. The Hall–Kier alpha value is -0.820. The number of hydrogen-bond acceptors (Lipinski definition) is 4. The third-order valence-corrected chi connectivity index (χ3v) is 5.70. The second kappa shape index (κ2) is 6.09. The molecule has 0 heterocycles. The Morgan fingerprint density at radius 3 is 2.26 bits per heavy atom. The largest absolute Gasteiger partial charge is 0.481 e. The van der Waals surface area contributed by atoms with Gasteiger partial charge in [-0.25, -0.2) is 8.42 Å². The van der Waals surface area contributed by atoms with Crippen LogP contribution in [0.15, 0.2) is 35.2 Å². The van der Waals surface area contributed by atoms with E-state index >= 15 is 0 Å². The summed E-state index contributed by atoms with van der Waals surface area (Å²) in [6, 6.07) is 7.27. The first-order chi connectivity index (χ1) is 8.67. The number of alkyl halides is 2. The van der Waals surface area contributed by atoms with Gasteiger partial charge in [-0.1, -0.05) is 41.4 Å². The molecule has 1 aromatic rings. The van der Waals surface area contributed by atoms with Gasteiger partial charge in [-0.2, -0.15) is 0 Å². The molecule has 19 heavy (non-hydrogen) atoms. The summed E-state index contributed by atoms with van der Waals surface area (Å²) < 4.78 is 22.0. The van der Waals surface area contributed by atoms with Crippen LogP contribution in [0.1, 0.15) is 12.8 Å². The van der Waals surface area contributed by atoms with Gasteiger partial charge in [0.2, 0.25) is 13.5 Å². The summed E-state index contributed by atoms with van der Waals surface area (Å²) in [6.45, 7) is 0. The van der Waals surface area contributed by atoms with E-state index in [0.717, 1.165) is 0 Å². The zero-order valence-corrected chi connectivity index (χ0v) is 12.0. The second-order valence-corrected chi connectivity index (χ2v) is 8.02. The molecule has 0 fully saturated rings. The van der Waals surface area contributed by atoms with Crippen LogP contribution in [0.5, 0.6) is 0 Å². The van der Waals surface area contributed by atoms with Crippen LogP contribution >= 0.6 is 23.2 Å². The Kier molecular flexibility index (Phi) is 5.20. The van der Waals surface area contributed by atoms with Crippen molar-refractivity contribution < 1.29 is 23.4 Å². The van der Waals surface area contributed by atoms with Gasteiger partial charge in [0.25, 0.3) is 0 Å². The van der Waals surface area contributed by atoms with E-state index < -0.39 is 38.4 Å². The highest BCUT2D eigenvalue weighted by Crippen LogP contribution is 2.38. The van der Waals surface area contributed by atoms with E-state index in [9.17, 15) is 18.3 Å². The Bertz CT molecular complexity index is 541. The van der Waals surface area contributed by atoms with Crippen LogP contribution in [0.4, 0.5) is 0 Å². The van der Waals surface area contributed by atoms with Crippen molar-refractivity contribution in [2.45, 2.75) is 27.5 Å². The summed E-state index contributed by atoms with van der Waals surface area (Å²) in [5.41, 5.74) is 0. The monoisotopic (exact) mass is 326 g/mol. The maximum absolute atomic E-state index is 12.2. The fourth-order valence-electron chi connectivity index (χ4n) is 1.43. The summed E-state index contributed by atoms with van der Waals surface area (Å²) in [5.74, 6) is -1.27. The number of carboxylic acids is 1. The van der Waals surface area contributed by atoms with E-state index in [-0.39, 0.29) is 4.90 Å². The highest BCUT2D eigenvalue weighted by molar-refractivity contribution is 7.95. The van der Waals surface area contributed by atoms with Crippen LogP contribution in [0.3, 0.4) is 0 Å². The molecule has 1 aromatic carbocycles. The van der Waals surface area contributed by atoms with Crippen molar-refractivity contribution in [2.24, 2.45) is 0 Å². The molecule has 106 valence electrons. The molecule has 0 aliphatic rings. The third-order valence-electron chi connectivity index (χ3n) is 2.33. The lowest BCUT2D eigenvalue weighted by molar-refractivity contribution is -0.139. The molecule has 1 unspecified atom stereocenters. The average Bonchev–Trinajstić information content (AvgIpc) is 2.27. The Balaban J connectivity index is 2.96. The van der Waals surface area contributed by atoms with Crippen LogP contribution in [0.25, 0.3) is 0 Å². The molecule has 0 amide bonds. The molecule has 0 bridgehead atoms. The molecule has 0 spiro atoms. The lowest BCUT2D eigenvalue weighted by atomic mass is 10.2. The van der Waals surface area contributed by atoms with Gasteiger partial charge in [-0.05, 0) is 12.1 Å². The van der Waals surface area contributed by atoms with Gasteiger partial charge >= 0.3 is 5.97 Å². The Morgan fingerprint density at radius 2 is 1.79 bits per heavy atom. The summed E-state index contributed by atoms with van der Waals surface area (Å²) in [7, 11) is -4.09. The zero-order valence-electron chi connectivity index (χ0n) is 9.66. The van der Waals surface area contributed by atoms with E-state index in [2.05, 4.69) is 0 Å². The SMILES string of the molecule is O=C(O)CC(O)CC(Cl)(Cl)S(=O)(=O)c1ccccc1. The fourth-order valence-corrected chi connectivity index (χ4v) is 3.59. The van der Waals surface area contributed by atoms with Crippen LogP contribution in [-0.2, 0) is 14.6 Å². The first-order valence-corrected chi connectivity index (χ1v) is 7.48. The lowest BCUT2D eigenvalue weighted by Gasteiger charge is -2.22. The molecule has 5 nitrogen and oxygen atoms in total. The fraction of sp³-hybridized carbons (Fsp3) is 0.364. The normalized spacial score (nSPS) is 14.1. The maximum atomic E-state index is 12.2. The molecular weight excluding hydrogens is 315 g/mol. The number of aliphatic carboxylic acids is 1. The number of sulfone groups is 1. The molecule has 2 N–H and O–H groups in total. The van der Waals surface area contributed by atoms with Crippen molar-refractivity contribution in [3.8, 4) is 0 Å². The highest BCUT2D eigenvalue weighted by atomic mass is 35.5. The van der Waals surface area contributed by atoms with Crippen LogP contribution in [0, 0.1) is 0 Å². The topological polar surface area (TPSA) is 91.7 Å². The molecule has 0 aromatic heterocycles. The van der Waals surface area contributed by atoms with Crippen molar-refractivity contribution in [1.82, 2.24) is 0 Å². The average molecular weight is 327 g/mol. The predicted molar refractivity (Wildman–Crippen MR) is 70.9 cm³/mol. The van der Waals surface area contributed by atoms with Crippen molar-refractivity contribution in [3.63, 3.8) is 0 Å². The molecule has 0 aliphatic carbocycles. The minimum Gasteiger partial charge on any atom is -0.481 e. The van der Waals surface area contributed by atoms with Crippen LogP contribution in [0.2, 0.25) is 0 Å². The van der Waals surface area contributed by atoms with E-state index in [1.165, 1.54) is 24.3 Å². The van der Waals surface area contributed by atoms with Gasteiger partial charge in [0.1, 0.15) is 0 Å². The quantitative estimate of drug-likeness (QED) is 0.778. The molecule has 0 aliphatic heterocycles. The van der Waals surface area contributed by atoms with Gasteiger partial charge in [0, 0.05) is 6.42 Å². The first-order valence-electron chi connectivity index (χ1n) is 5.24. The van der Waals surface area contributed by atoms with E-state index in [1.807, 2.05) is 0 Å². The predicted octanol–water partition coefficient (Wildman–Crippen LogP) is 1.82. The molecule has 0 saturated heterocycles. The molecule has 0 saturated carbocycles. The number of aliphatic hydroxyl groups is 1. The van der Waals surface area contributed by atoms with Crippen molar-refractivity contribution >= 4 is 39.0 Å². The Morgan fingerprint density at radius 1 is 1.26 bits per heavy atom. The number of halogens is 2. The highest BCUT2D eigenvalue weighted by Gasteiger charge is 2.43. The van der Waals surface area contributed by atoms with Crippen molar-refractivity contribution in [3.05, 3.63) is 30.3 Å². The maximum Gasteiger partial charge on any atom is 0.305 e. The van der Waals surface area contributed by atoms with Crippen molar-refractivity contribution in [2.75, 3.05) is 0 Å². The Labute approximate surface area is 120 Å². The van der Waals surface area contributed by atoms with E-state index in [1.54, 1.807) is 6.07 Å². The van der Waals surface area contributed by atoms with E-state index in [4.69, 9.17) is 28.3 Å². The molecule has 0 radical (unpaired) electrons. The number of hydrogen-bond donors (Lipinski definition) is 2. The second-order valence-electron chi connectivity index (χ2n) is 3.91. The first kappa shape index (κ1) is 16.2. The number of aliphatic hydroxyl groups excluding tert-OH is 1. The van der Waals surface area contributed by atoms with Crippen molar-refractivity contribution in [1.29, 1.82) is 0 Å². The third kappa shape index (κ3) is 4.07. The molecule has 8 heteroatoms. The summed E-state index contributed by atoms with van der Waals surface area (Å²) >= 11 is 11.5. The smallest absolute Gasteiger partial charge is 0.305 e. The zero-order chi connectivity index (χ0) is 14.7. The standard InChI is InChI=1S/C11H12Cl2O5S/c12-11(13,7-8(14)6-10(15)16)19(17,18)9-4-2-1-3-5-9/h1-5,8,14H,6-7H2,(H,15,16). The minimum atomic E-state index is -4.09. The van der Waals surface area contributed by atoms with E-state index in [0.29, 0.717) is 0 Å². The summed E-state index contributed by atoms with van der Waals surface area (Å²) in [6.07, 6.45) is -2.68. The van der Waals surface area contributed by atoms with Crippen LogP contribution < -0.4 is 0 Å². The minimum absolute atomic E-state index is 0.0949. The number of carbonyl (C=O) groups is 1.